The second-order valence-corrected chi connectivity index (χ2v) is 6.54. The van der Waals surface area contributed by atoms with Crippen LogP contribution in [0.3, 0.4) is 0 Å². The van der Waals surface area contributed by atoms with Crippen LogP contribution < -0.4 is 5.32 Å². The van der Waals surface area contributed by atoms with Crippen LogP contribution in [-0.4, -0.2) is 32.7 Å². The number of nitrogens with one attached hydrogen (secondary N) is 1. The molecule has 0 unspecified atom stereocenters. The van der Waals surface area contributed by atoms with Crippen LogP contribution >= 0.6 is 0 Å². The highest BCUT2D eigenvalue weighted by molar-refractivity contribution is 5.96. The van der Waals surface area contributed by atoms with E-state index in [1.807, 2.05) is 0 Å². The number of unbranched alkanes of at least 4 members (excludes halogenated alkanes) is 8. The predicted molar refractivity (Wildman–Crippen MR) is 105 cm³/mol. The second kappa shape index (κ2) is 13.2. The molecule has 1 N–H and O–H groups in total. The first-order valence-corrected chi connectivity index (χ1v) is 9.68. The van der Waals surface area contributed by atoms with Gasteiger partial charge in [0.25, 0.3) is 0 Å². The average molecular weight is 363 g/mol. The summed E-state index contributed by atoms with van der Waals surface area (Å²) >= 11 is 0. The Labute approximate surface area is 157 Å². The number of carbonyl (C=O) groups excluding carboxylic acids is 2. The Kier molecular flexibility index (Phi) is 11.2. The van der Waals surface area contributed by atoms with Gasteiger partial charge in [-0.25, -0.2) is 9.59 Å². The van der Waals surface area contributed by atoms with Crippen LogP contribution in [0.5, 0.6) is 0 Å². The molecular weight excluding hydrogens is 330 g/mol. The van der Waals surface area contributed by atoms with Gasteiger partial charge in [0.2, 0.25) is 0 Å². The highest BCUT2D eigenvalue weighted by Gasteiger charge is 2.13. The molecule has 5 heteroatoms. The van der Waals surface area contributed by atoms with Crippen molar-refractivity contribution in [2.24, 2.45) is 0 Å². The minimum absolute atomic E-state index is 0.338. The summed E-state index contributed by atoms with van der Waals surface area (Å²) in [6.07, 6.45) is 11.5. The molecule has 1 rings (SSSR count). The van der Waals surface area contributed by atoms with E-state index in [9.17, 15) is 9.59 Å². The number of benzene rings is 1. The summed E-state index contributed by atoms with van der Waals surface area (Å²) in [6, 6.07) is 4.89. The lowest BCUT2D eigenvalue weighted by molar-refractivity contribution is 0.0599. The van der Waals surface area contributed by atoms with Gasteiger partial charge in [-0.1, -0.05) is 58.3 Å². The minimum atomic E-state index is -0.470. The largest absolute Gasteiger partial charge is 0.465 e. The molecule has 0 fully saturated rings. The fourth-order valence-electron chi connectivity index (χ4n) is 2.87. The van der Waals surface area contributed by atoms with Crippen molar-refractivity contribution >= 4 is 17.6 Å². The van der Waals surface area contributed by atoms with E-state index in [4.69, 9.17) is 9.47 Å². The normalized spacial score (nSPS) is 10.4. The summed E-state index contributed by atoms with van der Waals surface area (Å²) < 4.78 is 9.49. The molecule has 0 aliphatic carbocycles. The van der Waals surface area contributed by atoms with Crippen molar-refractivity contribution in [3.05, 3.63) is 29.3 Å². The van der Waals surface area contributed by atoms with Crippen LogP contribution in [0.4, 0.5) is 5.69 Å². The zero-order valence-electron chi connectivity index (χ0n) is 16.4. The van der Waals surface area contributed by atoms with Crippen molar-refractivity contribution < 1.29 is 19.1 Å². The highest BCUT2D eigenvalue weighted by Crippen LogP contribution is 2.17. The summed E-state index contributed by atoms with van der Waals surface area (Å²) in [5.74, 6) is -0.941. The summed E-state index contributed by atoms with van der Waals surface area (Å²) in [4.78, 5) is 23.5. The van der Waals surface area contributed by atoms with Gasteiger partial charge in [-0.05, 0) is 24.6 Å². The molecule has 0 aliphatic rings. The number of rotatable bonds is 13. The SMILES string of the molecule is CCCCCCCCCCCNc1cc(C(=O)OC)cc(C(=O)OC)c1. The van der Waals surface area contributed by atoms with Gasteiger partial charge in [0.15, 0.2) is 0 Å². The maximum Gasteiger partial charge on any atom is 0.337 e. The van der Waals surface area contributed by atoms with E-state index in [-0.39, 0.29) is 0 Å². The molecule has 0 spiro atoms. The Morgan fingerprint density at radius 3 is 1.69 bits per heavy atom. The Morgan fingerprint density at radius 1 is 0.769 bits per heavy atom. The number of methoxy groups -OCH3 is 2. The van der Waals surface area contributed by atoms with Crippen LogP contribution in [0.15, 0.2) is 18.2 Å². The molecule has 0 heterocycles. The molecule has 0 radical (unpaired) electrons. The van der Waals surface area contributed by atoms with Crippen molar-refractivity contribution in [3.63, 3.8) is 0 Å². The van der Waals surface area contributed by atoms with Gasteiger partial charge < -0.3 is 14.8 Å². The number of ether oxygens (including phenoxy) is 2. The predicted octanol–water partition coefficient (Wildman–Crippen LogP) is 5.20. The Balaban J connectivity index is 2.39. The van der Waals surface area contributed by atoms with Crippen molar-refractivity contribution in [3.8, 4) is 0 Å². The van der Waals surface area contributed by atoms with Crippen LogP contribution in [0.1, 0.15) is 85.4 Å². The number of esters is 2. The Hall–Kier alpha value is -2.04. The quantitative estimate of drug-likeness (QED) is 0.385. The van der Waals surface area contributed by atoms with E-state index in [1.54, 1.807) is 12.1 Å². The van der Waals surface area contributed by atoms with Gasteiger partial charge >= 0.3 is 11.9 Å². The number of hydrogen-bond acceptors (Lipinski definition) is 5. The molecule has 0 aliphatic heterocycles. The summed E-state index contributed by atoms with van der Waals surface area (Å²) in [6.45, 7) is 3.04. The molecule has 0 amide bonds. The molecule has 0 saturated heterocycles. The van der Waals surface area contributed by atoms with Gasteiger partial charge in [0, 0.05) is 12.2 Å². The molecule has 146 valence electrons. The van der Waals surface area contributed by atoms with Crippen molar-refractivity contribution in [2.45, 2.75) is 64.7 Å². The molecule has 26 heavy (non-hydrogen) atoms. The van der Waals surface area contributed by atoms with Crippen molar-refractivity contribution in [2.75, 3.05) is 26.1 Å². The van der Waals surface area contributed by atoms with E-state index in [0.717, 1.165) is 18.7 Å². The molecule has 0 bridgehead atoms. The first kappa shape index (κ1) is 22.0. The maximum absolute atomic E-state index is 11.8. The highest BCUT2D eigenvalue weighted by atomic mass is 16.5. The van der Waals surface area contributed by atoms with Crippen molar-refractivity contribution in [1.29, 1.82) is 0 Å². The van der Waals surface area contributed by atoms with Crippen LogP contribution in [0, 0.1) is 0 Å². The van der Waals surface area contributed by atoms with Crippen LogP contribution in [0.25, 0.3) is 0 Å². The van der Waals surface area contributed by atoms with E-state index >= 15 is 0 Å². The standard InChI is InChI=1S/C21H33NO4/c1-4-5-6-7-8-9-10-11-12-13-22-19-15-17(20(23)25-2)14-18(16-19)21(24)26-3/h14-16,22H,4-13H2,1-3H3. The Morgan fingerprint density at radius 2 is 1.23 bits per heavy atom. The molecular formula is C21H33NO4. The zero-order chi connectivity index (χ0) is 19.2. The smallest absolute Gasteiger partial charge is 0.337 e. The molecule has 1 aromatic rings. The van der Waals surface area contributed by atoms with Crippen LogP contribution in [-0.2, 0) is 9.47 Å². The topological polar surface area (TPSA) is 64.6 Å². The van der Waals surface area contributed by atoms with E-state index in [0.29, 0.717) is 11.1 Å². The third-order valence-electron chi connectivity index (χ3n) is 4.38. The first-order valence-electron chi connectivity index (χ1n) is 9.68. The van der Waals surface area contributed by atoms with Crippen molar-refractivity contribution in [1.82, 2.24) is 0 Å². The van der Waals surface area contributed by atoms with Gasteiger partial charge in [-0.3, -0.25) is 0 Å². The number of anilines is 1. The van der Waals surface area contributed by atoms with Gasteiger partial charge in [-0.15, -0.1) is 0 Å². The van der Waals surface area contributed by atoms with Crippen LogP contribution in [0.2, 0.25) is 0 Å². The van der Waals surface area contributed by atoms with E-state index in [1.165, 1.54) is 71.7 Å². The third-order valence-corrected chi connectivity index (χ3v) is 4.38. The minimum Gasteiger partial charge on any atom is -0.465 e. The third kappa shape index (κ3) is 8.37. The number of hydrogen-bond donors (Lipinski definition) is 1. The first-order chi connectivity index (χ1) is 12.6. The average Bonchev–Trinajstić information content (AvgIpc) is 2.67. The molecule has 5 nitrogen and oxygen atoms in total. The lowest BCUT2D eigenvalue weighted by atomic mass is 10.1. The summed E-state index contributed by atoms with van der Waals surface area (Å²) in [5, 5.41) is 3.29. The second-order valence-electron chi connectivity index (χ2n) is 6.54. The van der Waals surface area contributed by atoms with E-state index in [2.05, 4.69) is 12.2 Å². The lowest BCUT2D eigenvalue weighted by Crippen LogP contribution is -2.09. The maximum atomic E-state index is 11.8. The molecule has 0 atom stereocenters. The summed E-state index contributed by atoms with van der Waals surface area (Å²) in [7, 11) is 2.64. The zero-order valence-corrected chi connectivity index (χ0v) is 16.4. The fourth-order valence-corrected chi connectivity index (χ4v) is 2.87. The Bertz CT molecular complexity index is 523. The monoisotopic (exact) mass is 363 g/mol. The molecule has 0 saturated carbocycles. The van der Waals surface area contributed by atoms with E-state index < -0.39 is 11.9 Å². The summed E-state index contributed by atoms with van der Waals surface area (Å²) in [5.41, 5.74) is 1.41. The van der Waals surface area contributed by atoms with Gasteiger partial charge in [0.1, 0.15) is 0 Å². The number of carbonyl (C=O) groups is 2. The molecule has 0 aromatic heterocycles. The van der Waals surface area contributed by atoms with Gasteiger partial charge in [-0.2, -0.15) is 0 Å². The lowest BCUT2D eigenvalue weighted by Gasteiger charge is -2.10. The molecule has 1 aromatic carbocycles. The van der Waals surface area contributed by atoms with Gasteiger partial charge in [0.05, 0.1) is 25.3 Å². The fraction of sp³-hybridized carbons (Fsp3) is 0.619.